The van der Waals surface area contributed by atoms with Gasteiger partial charge in [0.05, 0.1) is 7.11 Å². The van der Waals surface area contributed by atoms with Crippen LogP contribution < -0.4 is 4.74 Å². The largest absolute Gasteiger partial charge is 0.497 e. The highest BCUT2D eigenvalue weighted by molar-refractivity contribution is 5.71. The van der Waals surface area contributed by atoms with Crippen LogP contribution in [-0.2, 0) is 0 Å². The van der Waals surface area contributed by atoms with Gasteiger partial charge >= 0.3 is 0 Å². The van der Waals surface area contributed by atoms with Gasteiger partial charge in [-0.25, -0.2) is 0 Å². The Labute approximate surface area is 133 Å². The lowest BCUT2D eigenvalue weighted by molar-refractivity contribution is 0.415. The van der Waals surface area contributed by atoms with Crippen LogP contribution in [0.15, 0.2) is 54.6 Å². The summed E-state index contributed by atoms with van der Waals surface area (Å²) in [5.74, 6) is 1.79. The molecule has 0 saturated heterocycles. The van der Waals surface area contributed by atoms with Crippen LogP contribution in [0.4, 0.5) is 0 Å². The van der Waals surface area contributed by atoms with Crippen molar-refractivity contribution in [3.05, 3.63) is 60.2 Å². The van der Waals surface area contributed by atoms with Gasteiger partial charge in [0.15, 0.2) is 0 Å². The maximum atomic E-state index is 5.21. The van der Waals surface area contributed by atoms with E-state index in [0.717, 1.165) is 11.7 Å². The van der Waals surface area contributed by atoms with Gasteiger partial charge in [-0.1, -0.05) is 55.8 Å². The van der Waals surface area contributed by atoms with Crippen molar-refractivity contribution >= 4 is 5.57 Å². The first-order valence-electron chi connectivity index (χ1n) is 8.24. The van der Waals surface area contributed by atoms with Crippen molar-refractivity contribution in [2.45, 2.75) is 32.6 Å². The minimum absolute atomic E-state index is 0.891. The standard InChI is InChI=1S/C21H24O/c1-3-16-4-6-17(7-5-16)18-8-10-19(11-9-18)20-12-14-21(22-2)15-13-20/h6,8-16H,3-5,7H2,1-2H3. The van der Waals surface area contributed by atoms with Gasteiger partial charge in [0.1, 0.15) is 5.75 Å². The lowest BCUT2D eigenvalue weighted by atomic mass is 9.85. The van der Waals surface area contributed by atoms with Gasteiger partial charge in [-0.3, -0.25) is 0 Å². The van der Waals surface area contributed by atoms with Crippen LogP contribution in [0.5, 0.6) is 5.75 Å². The van der Waals surface area contributed by atoms with E-state index >= 15 is 0 Å². The fourth-order valence-corrected chi connectivity index (χ4v) is 3.18. The van der Waals surface area contributed by atoms with E-state index in [0.29, 0.717) is 0 Å². The highest BCUT2D eigenvalue weighted by Crippen LogP contribution is 2.32. The van der Waals surface area contributed by atoms with Crippen molar-refractivity contribution in [1.82, 2.24) is 0 Å². The van der Waals surface area contributed by atoms with Crippen LogP contribution >= 0.6 is 0 Å². The zero-order valence-electron chi connectivity index (χ0n) is 13.5. The molecule has 0 aromatic heterocycles. The van der Waals surface area contributed by atoms with Gasteiger partial charge in [0.25, 0.3) is 0 Å². The Bertz CT molecular complexity index is 635. The highest BCUT2D eigenvalue weighted by Gasteiger charge is 2.13. The maximum absolute atomic E-state index is 5.21. The molecule has 0 amide bonds. The number of methoxy groups -OCH3 is 1. The Morgan fingerprint density at radius 2 is 1.50 bits per heavy atom. The summed E-state index contributed by atoms with van der Waals surface area (Å²) in [5, 5.41) is 0. The van der Waals surface area contributed by atoms with E-state index in [4.69, 9.17) is 4.74 Å². The first-order chi connectivity index (χ1) is 10.8. The van der Waals surface area contributed by atoms with E-state index in [1.807, 2.05) is 12.1 Å². The SMILES string of the molecule is CCC1CC=C(c2ccc(-c3ccc(OC)cc3)cc2)CC1. The van der Waals surface area contributed by atoms with Gasteiger partial charge in [-0.15, -0.1) is 0 Å². The van der Waals surface area contributed by atoms with Crippen molar-refractivity contribution in [3.63, 3.8) is 0 Å². The predicted octanol–water partition coefficient (Wildman–Crippen LogP) is 5.96. The molecule has 1 unspecified atom stereocenters. The van der Waals surface area contributed by atoms with E-state index < -0.39 is 0 Å². The second-order valence-corrected chi connectivity index (χ2v) is 6.08. The zero-order chi connectivity index (χ0) is 15.4. The summed E-state index contributed by atoms with van der Waals surface area (Å²) in [7, 11) is 1.70. The van der Waals surface area contributed by atoms with Gasteiger partial charge in [-0.05, 0) is 59.6 Å². The molecule has 0 N–H and O–H groups in total. The minimum atomic E-state index is 0.891. The monoisotopic (exact) mass is 292 g/mol. The van der Waals surface area contributed by atoms with Crippen molar-refractivity contribution < 1.29 is 4.74 Å². The van der Waals surface area contributed by atoms with E-state index in [1.165, 1.54) is 47.9 Å². The number of benzene rings is 2. The molecule has 1 aliphatic rings. The molecular weight excluding hydrogens is 268 g/mol. The molecule has 114 valence electrons. The Hall–Kier alpha value is -2.02. The molecule has 1 aliphatic carbocycles. The number of rotatable bonds is 4. The lowest BCUT2D eigenvalue weighted by Crippen LogP contribution is -2.03. The third-order valence-electron chi connectivity index (χ3n) is 4.78. The lowest BCUT2D eigenvalue weighted by Gasteiger charge is -2.20. The Morgan fingerprint density at radius 3 is 2.00 bits per heavy atom. The first-order valence-corrected chi connectivity index (χ1v) is 8.24. The summed E-state index contributed by atoms with van der Waals surface area (Å²) in [6, 6.07) is 17.2. The molecule has 1 nitrogen and oxygen atoms in total. The fourth-order valence-electron chi connectivity index (χ4n) is 3.18. The number of hydrogen-bond donors (Lipinski definition) is 0. The van der Waals surface area contributed by atoms with Gasteiger partial charge in [0, 0.05) is 0 Å². The quantitative estimate of drug-likeness (QED) is 0.676. The highest BCUT2D eigenvalue weighted by atomic mass is 16.5. The zero-order valence-corrected chi connectivity index (χ0v) is 13.5. The Balaban J connectivity index is 1.76. The second kappa shape index (κ2) is 6.83. The molecule has 0 fully saturated rings. The summed E-state index contributed by atoms with van der Waals surface area (Å²) in [4.78, 5) is 0. The Morgan fingerprint density at radius 1 is 0.909 bits per heavy atom. The van der Waals surface area contributed by atoms with Crippen LogP contribution in [0.25, 0.3) is 16.7 Å². The third-order valence-corrected chi connectivity index (χ3v) is 4.78. The summed E-state index contributed by atoms with van der Waals surface area (Å²) in [5.41, 5.74) is 5.39. The van der Waals surface area contributed by atoms with Crippen molar-refractivity contribution in [3.8, 4) is 16.9 Å². The molecular formula is C21H24O. The van der Waals surface area contributed by atoms with Crippen LogP contribution in [0.3, 0.4) is 0 Å². The second-order valence-electron chi connectivity index (χ2n) is 6.08. The molecule has 0 spiro atoms. The fraction of sp³-hybridized carbons (Fsp3) is 0.333. The topological polar surface area (TPSA) is 9.23 Å². The average molecular weight is 292 g/mol. The molecule has 0 radical (unpaired) electrons. The molecule has 3 rings (SSSR count). The third kappa shape index (κ3) is 3.24. The minimum Gasteiger partial charge on any atom is -0.497 e. The molecule has 0 bridgehead atoms. The molecule has 1 atom stereocenters. The van der Waals surface area contributed by atoms with E-state index in [-0.39, 0.29) is 0 Å². The van der Waals surface area contributed by atoms with Crippen molar-refractivity contribution in [2.24, 2.45) is 5.92 Å². The molecule has 2 aromatic rings. The van der Waals surface area contributed by atoms with Gasteiger partial charge in [-0.2, -0.15) is 0 Å². The summed E-state index contributed by atoms with van der Waals surface area (Å²) in [6.45, 7) is 2.30. The average Bonchev–Trinajstić information content (AvgIpc) is 2.62. The number of ether oxygens (including phenoxy) is 1. The summed E-state index contributed by atoms with van der Waals surface area (Å²) in [6.07, 6.45) is 7.55. The maximum Gasteiger partial charge on any atom is 0.118 e. The predicted molar refractivity (Wildman–Crippen MR) is 94.0 cm³/mol. The number of allylic oxidation sites excluding steroid dienone is 2. The van der Waals surface area contributed by atoms with Gasteiger partial charge < -0.3 is 4.74 Å². The van der Waals surface area contributed by atoms with Crippen molar-refractivity contribution in [1.29, 1.82) is 0 Å². The molecule has 22 heavy (non-hydrogen) atoms. The Kier molecular flexibility index (Phi) is 4.62. The summed E-state index contributed by atoms with van der Waals surface area (Å²) >= 11 is 0. The molecule has 0 saturated carbocycles. The van der Waals surface area contributed by atoms with E-state index in [2.05, 4.69) is 49.4 Å². The normalized spacial score (nSPS) is 17.9. The number of hydrogen-bond acceptors (Lipinski definition) is 1. The van der Waals surface area contributed by atoms with E-state index in [9.17, 15) is 0 Å². The smallest absolute Gasteiger partial charge is 0.118 e. The van der Waals surface area contributed by atoms with Crippen LogP contribution in [-0.4, -0.2) is 7.11 Å². The summed E-state index contributed by atoms with van der Waals surface area (Å²) < 4.78 is 5.21. The van der Waals surface area contributed by atoms with Gasteiger partial charge in [0.2, 0.25) is 0 Å². The van der Waals surface area contributed by atoms with Crippen LogP contribution in [0.1, 0.15) is 38.2 Å². The molecule has 2 aromatic carbocycles. The van der Waals surface area contributed by atoms with Crippen molar-refractivity contribution in [2.75, 3.05) is 7.11 Å². The molecule has 0 aliphatic heterocycles. The molecule has 1 heteroatoms. The first kappa shape index (κ1) is 14.9. The molecule has 0 heterocycles. The van der Waals surface area contributed by atoms with E-state index in [1.54, 1.807) is 7.11 Å². The van der Waals surface area contributed by atoms with Crippen LogP contribution in [0, 0.1) is 5.92 Å². The van der Waals surface area contributed by atoms with Crippen LogP contribution in [0.2, 0.25) is 0 Å².